The molecule has 3 rings (SSSR count). The van der Waals surface area contributed by atoms with Gasteiger partial charge in [-0.3, -0.25) is 19.3 Å². The summed E-state index contributed by atoms with van der Waals surface area (Å²) in [6, 6.07) is 8.46. The molecule has 1 fully saturated rings. The molecule has 9 heteroatoms. The first-order valence-electron chi connectivity index (χ1n) is 8.38. The second-order valence-electron chi connectivity index (χ2n) is 6.15. The molecule has 1 saturated heterocycles. The fraction of sp³-hybridized carbons (Fsp3) is 0.278. The maximum atomic E-state index is 12.5. The molecule has 3 N–H and O–H groups in total. The minimum atomic E-state index is -0.570. The predicted molar refractivity (Wildman–Crippen MR) is 105 cm³/mol. The lowest BCUT2D eigenvalue weighted by Crippen LogP contribution is -2.50. The monoisotopic (exact) mass is 406 g/mol. The molecule has 0 saturated carbocycles. The van der Waals surface area contributed by atoms with Crippen molar-refractivity contribution >= 4 is 45.7 Å². The van der Waals surface area contributed by atoms with Gasteiger partial charge in [0.25, 0.3) is 11.8 Å². The number of benzene rings is 1. The summed E-state index contributed by atoms with van der Waals surface area (Å²) < 4.78 is 0. The molecule has 142 valence electrons. The Kier molecular flexibility index (Phi) is 6.10. The topological polar surface area (TPSA) is 95.7 Å². The lowest BCUT2D eigenvalue weighted by atomic mass is 10.2. The average Bonchev–Trinajstić information content (AvgIpc) is 3.10. The molecule has 0 aliphatic carbocycles. The summed E-state index contributed by atoms with van der Waals surface area (Å²) in [6.07, 6.45) is 0. The molecule has 1 aromatic carbocycles. The van der Waals surface area contributed by atoms with Gasteiger partial charge in [0.2, 0.25) is 5.91 Å². The number of carbonyl (C=O) groups is 3. The number of hydrogen-bond donors (Lipinski definition) is 2. The third kappa shape index (κ3) is 4.85. The molecule has 1 aliphatic rings. The van der Waals surface area contributed by atoms with Crippen LogP contribution in [0.5, 0.6) is 0 Å². The maximum absolute atomic E-state index is 12.5. The Balaban J connectivity index is 1.50. The quantitative estimate of drug-likeness (QED) is 0.792. The van der Waals surface area contributed by atoms with Gasteiger partial charge in [-0.2, -0.15) is 0 Å². The van der Waals surface area contributed by atoms with Gasteiger partial charge < -0.3 is 16.0 Å². The molecule has 0 radical (unpaired) electrons. The number of halogens is 1. The Morgan fingerprint density at radius 2 is 1.89 bits per heavy atom. The summed E-state index contributed by atoms with van der Waals surface area (Å²) in [6.45, 7) is 2.43. The van der Waals surface area contributed by atoms with Crippen molar-refractivity contribution in [3.63, 3.8) is 0 Å². The van der Waals surface area contributed by atoms with Crippen LogP contribution in [0.2, 0.25) is 5.02 Å². The number of carbonyl (C=O) groups excluding carboxylic acids is 3. The van der Waals surface area contributed by atoms with Gasteiger partial charge in [0.05, 0.1) is 12.1 Å². The minimum Gasteiger partial charge on any atom is -0.366 e. The van der Waals surface area contributed by atoms with Crippen LogP contribution < -0.4 is 11.1 Å². The third-order valence-electron chi connectivity index (χ3n) is 4.28. The molecule has 1 aromatic heterocycles. The van der Waals surface area contributed by atoms with Gasteiger partial charge in [0, 0.05) is 36.8 Å². The Morgan fingerprint density at radius 1 is 1.15 bits per heavy atom. The average molecular weight is 407 g/mol. The van der Waals surface area contributed by atoms with Crippen LogP contribution in [0.3, 0.4) is 0 Å². The van der Waals surface area contributed by atoms with Gasteiger partial charge in [0.15, 0.2) is 0 Å². The van der Waals surface area contributed by atoms with Crippen LogP contribution in [0.25, 0.3) is 0 Å². The van der Waals surface area contributed by atoms with Crippen molar-refractivity contribution in [3.05, 3.63) is 51.9 Å². The van der Waals surface area contributed by atoms with Crippen molar-refractivity contribution < 1.29 is 14.4 Å². The van der Waals surface area contributed by atoms with Gasteiger partial charge in [-0.05, 0) is 29.6 Å². The van der Waals surface area contributed by atoms with E-state index in [-0.39, 0.29) is 18.4 Å². The van der Waals surface area contributed by atoms with E-state index in [0.29, 0.717) is 47.3 Å². The third-order valence-corrected chi connectivity index (χ3v) is 5.35. The summed E-state index contributed by atoms with van der Waals surface area (Å²) in [5.74, 6) is -0.847. The zero-order valence-electron chi connectivity index (χ0n) is 14.5. The number of anilines is 1. The van der Waals surface area contributed by atoms with Crippen LogP contribution in [-0.2, 0) is 4.79 Å². The standard InChI is InChI=1S/C18H19ClN4O3S/c19-13-3-1-2-12(10-13)18(26)23-7-5-22(6-8-23)11-15(24)21-17-14(16(20)25)4-9-27-17/h1-4,9-10H,5-8,11H2,(H2,20,25)(H,21,24). The van der Waals surface area contributed by atoms with E-state index in [1.165, 1.54) is 11.3 Å². The second kappa shape index (κ2) is 8.51. The SMILES string of the molecule is NC(=O)c1ccsc1NC(=O)CN1CCN(C(=O)c2cccc(Cl)c2)CC1. The van der Waals surface area contributed by atoms with Crippen molar-refractivity contribution in [2.45, 2.75) is 0 Å². The number of amides is 3. The zero-order valence-corrected chi connectivity index (χ0v) is 16.1. The number of rotatable bonds is 5. The second-order valence-corrected chi connectivity index (χ2v) is 7.51. The van der Waals surface area contributed by atoms with Gasteiger partial charge >= 0.3 is 0 Å². The molecule has 7 nitrogen and oxygen atoms in total. The number of thiophene rings is 1. The number of nitrogens with two attached hydrogens (primary N) is 1. The first-order valence-corrected chi connectivity index (χ1v) is 9.64. The van der Waals surface area contributed by atoms with E-state index < -0.39 is 5.91 Å². The maximum Gasteiger partial charge on any atom is 0.253 e. The van der Waals surface area contributed by atoms with Crippen molar-refractivity contribution in [2.24, 2.45) is 5.73 Å². The van der Waals surface area contributed by atoms with Crippen molar-refractivity contribution in [3.8, 4) is 0 Å². The summed E-state index contributed by atoms with van der Waals surface area (Å²) >= 11 is 7.20. The van der Waals surface area contributed by atoms with Gasteiger partial charge in [-0.15, -0.1) is 11.3 Å². The molecular weight excluding hydrogens is 388 g/mol. The van der Waals surface area contributed by atoms with Crippen LogP contribution in [0.15, 0.2) is 35.7 Å². The smallest absolute Gasteiger partial charge is 0.253 e. The van der Waals surface area contributed by atoms with Crippen LogP contribution in [0.1, 0.15) is 20.7 Å². The van der Waals surface area contributed by atoms with Crippen molar-refractivity contribution in [2.75, 3.05) is 38.0 Å². The van der Waals surface area contributed by atoms with E-state index in [9.17, 15) is 14.4 Å². The van der Waals surface area contributed by atoms with Gasteiger partial charge in [0.1, 0.15) is 5.00 Å². The first-order chi connectivity index (χ1) is 12.9. The number of primary amides is 1. The van der Waals surface area contributed by atoms with Crippen LogP contribution >= 0.6 is 22.9 Å². The molecule has 0 bridgehead atoms. The fourth-order valence-electron chi connectivity index (χ4n) is 2.88. The summed E-state index contributed by atoms with van der Waals surface area (Å²) in [5, 5.41) is 5.42. The zero-order chi connectivity index (χ0) is 19.4. The molecule has 3 amide bonds. The van der Waals surface area contributed by atoms with E-state index in [0.717, 1.165) is 0 Å². The molecule has 27 heavy (non-hydrogen) atoms. The molecule has 0 spiro atoms. The highest BCUT2D eigenvalue weighted by atomic mass is 35.5. The van der Waals surface area contributed by atoms with Crippen LogP contribution in [0, 0.1) is 0 Å². The van der Waals surface area contributed by atoms with Crippen LogP contribution in [-0.4, -0.2) is 60.2 Å². The van der Waals surface area contributed by atoms with E-state index in [2.05, 4.69) is 5.32 Å². The summed E-state index contributed by atoms with van der Waals surface area (Å²) in [7, 11) is 0. The number of nitrogens with zero attached hydrogens (tertiary/aromatic N) is 2. The Hall–Kier alpha value is -2.42. The van der Waals surface area contributed by atoms with E-state index in [4.69, 9.17) is 17.3 Å². The normalized spacial score (nSPS) is 14.8. The fourth-order valence-corrected chi connectivity index (χ4v) is 3.88. The van der Waals surface area contributed by atoms with Gasteiger partial charge in [-0.1, -0.05) is 17.7 Å². The highest BCUT2D eigenvalue weighted by molar-refractivity contribution is 7.14. The largest absolute Gasteiger partial charge is 0.366 e. The van der Waals surface area contributed by atoms with Crippen LogP contribution in [0.4, 0.5) is 5.00 Å². The van der Waals surface area contributed by atoms with E-state index in [1.54, 1.807) is 40.6 Å². The number of hydrogen-bond acceptors (Lipinski definition) is 5. The summed E-state index contributed by atoms with van der Waals surface area (Å²) in [4.78, 5) is 39.8. The van der Waals surface area contributed by atoms with Crippen molar-refractivity contribution in [1.82, 2.24) is 9.80 Å². The molecule has 1 aliphatic heterocycles. The first kappa shape index (κ1) is 19.3. The highest BCUT2D eigenvalue weighted by Crippen LogP contribution is 2.22. The molecule has 2 aromatic rings. The number of piperazine rings is 1. The van der Waals surface area contributed by atoms with Crippen molar-refractivity contribution in [1.29, 1.82) is 0 Å². The molecular formula is C18H19ClN4O3S. The van der Waals surface area contributed by atoms with Gasteiger partial charge in [-0.25, -0.2) is 0 Å². The number of nitrogens with one attached hydrogen (secondary N) is 1. The molecule has 0 atom stereocenters. The Morgan fingerprint density at radius 3 is 2.56 bits per heavy atom. The Labute approximate surface area is 165 Å². The molecule has 2 heterocycles. The lowest BCUT2D eigenvalue weighted by molar-refractivity contribution is -0.117. The Bertz CT molecular complexity index is 862. The highest BCUT2D eigenvalue weighted by Gasteiger charge is 2.24. The lowest BCUT2D eigenvalue weighted by Gasteiger charge is -2.34. The minimum absolute atomic E-state index is 0.0636. The van der Waals surface area contributed by atoms with E-state index in [1.807, 2.05) is 4.90 Å². The predicted octanol–water partition coefficient (Wildman–Crippen LogP) is 1.90. The van der Waals surface area contributed by atoms with E-state index >= 15 is 0 Å². The molecule has 0 unspecified atom stereocenters. The summed E-state index contributed by atoms with van der Waals surface area (Å²) in [5.41, 5.74) is 6.15.